The van der Waals surface area contributed by atoms with Crippen LogP contribution in [0.1, 0.15) is 28.6 Å². The monoisotopic (exact) mass is 274 g/mol. The number of nitro groups is 1. The Hall–Kier alpha value is -2.63. The maximum Gasteiger partial charge on any atom is 0.291 e. The number of nitrogens with zero attached hydrogens (tertiary/aromatic N) is 1. The van der Waals surface area contributed by atoms with Gasteiger partial charge in [0.25, 0.3) is 11.6 Å². The number of nitrogens with one attached hydrogen (secondary N) is 1. The molecule has 0 aliphatic rings. The van der Waals surface area contributed by atoms with E-state index in [2.05, 4.69) is 5.32 Å². The van der Waals surface area contributed by atoms with Crippen LogP contribution in [0.2, 0.25) is 0 Å². The Labute approximate surface area is 115 Å². The van der Waals surface area contributed by atoms with Crippen LogP contribution in [-0.2, 0) is 6.42 Å². The maximum absolute atomic E-state index is 12.0. The van der Waals surface area contributed by atoms with Gasteiger partial charge in [0.2, 0.25) is 0 Å². The second-order valence-corrected chi connectivity index (χ2v) is 4.34. The van der Waals surface area contributed by atoms with E-state index in [4.69, 9.17) is 4.42 Å². The molecule has 2 rings (SSSR count). The average Bonchev–Trinajstić information content (AvgIpc) is 2.94. The van der Waals surface area contributed by atoms with Crippen LogP contribution in [0, 0.1) is 17.0 Å². The summed E-state index contributed by atoms with van der Waals surface area (Å²) in [5, 5.41) is 13.6. The van der Waals surface area contributed by atoms with Crippen LogP contribution in [-0.4, -0.2) is 10.8 Å². The van der Waals surface area contributed by atoms with Crippen molar-refractivity contribution < 1.29 is 14.1 Å². The first-order valence-corrected chi connectivity index (χ1v) is 6.15. The minimum absolute atomic E-state index is 0.0235. The fourth-order valence-corrected chi connectivity index (χ4v) is 1.99. The minimum Gasteiger partial charge on any atom is -0.459 e. The van der Waals surface area contributed by atoms with Gasteiger partial charge in [-0.2, -0.15) is 0 Å². The van der Waals surface area contributed by atoms with Crippen molar-refractivity contribution in [3.8, 4) is 0 Å². The molecule has 1 aromatic carbocycles. The van der Waals surface area contributed by atoms with Crippen LogP contribution in [0.3, 0.4) is 0 Å². The third kappa shape index (κ3) is 2.69. The molecule has 0 aliphatic heterocycles. The standard InChI is InChI=1S/C14H14N2O4/c1-3-10-8-11(16(18)19)7-9(2)13(10)15-14(17)12-5-4-6-20-12/h4-8H,3H2,1-2H3,(H,15,17). The number of hydrogen-bond acceptors (Lipinski definition) is 4. The lowest BCUT2D eigenvalue weighted by Gasteiger charge is -2.12. The molecule has 1 aromatic heterocycles. The van der Waals surface area contributed by atoms with E-state index in [9.17, 15) is 14.9 Å². The molecule has 0 radical (unpaired) electrons. The molecule has 0 unspecified atom stereocenters. The molecule has 20 heavy (non-hydrogen) atoms. The van der Waals surface area contributed by atoms with E-state index in [1.165, 1.54) is 18.4 Å². The lowest BCUT2D eigenvalue weighted by Crippen LogP contribution is -2.13. The Balaban J connectivity index is 2.36. The smallest absolute Gasteiger partial charge is 0.291 e. The number of aryl methyl sites for hydroxylation is 2. The van der Waals surface area contributed by atoms with E-state index in [1.54, 1.807) is 19.1 Å². The van der Waals surface area contributed by atoms with Gasteiger partial charge in [-0.25, -0.2) is 0 Å². The van der Waals surface area contributed by atoms with Gasteiger partial charge in [0, 0.05) is 17.8 Å². The molecule has 1 heterocycles. The van der Waals surface area contributed by atoms with Crippen LogP contribution in [0.25, 0.3) is 0 Å². The van der Waals surface area contributed by atoms with E-state index in [0.29, 0.717) is 17.7 Å². The second kappa shape index (κ2) is 5.56. The molecule has 0 bridgehead atoms. The normalized spacial score (nSPS) is 10.3. The van der Waals surface area contributed by atoms with E-state index >= 15 is 0 Å². The Bertz CT molecular complexity index is 647. The summed E-state index contributed by atoms with van der Waals surface area (Å²) in [5.41, 5.74) is 1.99. The molecule has 1 amide bonds. The lowest BCUT2D eigenvalue weighted by molar-refractivity contribution is -0.384. The summed E-state index contributed by atoms with van der Waals surface area (Å²) < 4.78 is 5.02. The largest absolute Gasteiger partial charge is 0.459 e. The number of benzene rings is 1. The molecule has 6 heteroatoms. The molecule has 104 valence electrons. The highest BCUT2D eigenvalue weighted by Gasteiger charge is 2.17. The fourth-order valence-electron chi connectivity index (χ4n) is 1.99. The number of furan rings is 1. The van der Waals surface area contributed by atoms with Gasteiger partial charge in [-0.3, -0.25) is 14.9 Å². The molecule has 1 N–H and O–H groups in total. The Morgan fingerprint density at radius 2 is 2.20 bits per heavy atom. The van der Waals surface area contributed by atoms with Gasteiger partial charge in [-0.05, 0) is 36.6 Å². The van der Waals surface area contributed by atoms with Crippen molar-refractivity contribution >= 4 is 17.3 Å². The van der Waals surface area contributed by atoms with Crippen molar-refractivity contribution in [3.05, 3.63) is 57.5 Å². The van der Waals surface area contributed by atoms with Crippen LogP contribution in [0.4, 0.5) is 11.4 Å². The highest BCUT2D eigenvalue weighted by atomic mass is 16.6. The van der Waals surface area contributed by atoms with Crippen LogP contribution < -0.4 is 5.32 Å². The second-order valence-electron chi connectivity index (χ2n) is 4.34. The van der Waals surface area contributed by atoms with Crippen molar-refractivity contribution in [2.24, 2.45) is 0 Å². The van der Waals surface area contributed by atoms with Crippen LogP contribution in [0.5, 0.6) is 0 Å². The maximum atomic E-state index is 12.0. The van der Waals surface area contributed by atoms with E-state index in [-0.39, 0.29) is 17.4 Å². The van der Waals surface area contributed by atoms with Gasteiger partial charge in [0.05, 0.1) is 11.2 Å². The highest BCUT2D eigenvalue weighted by molar-refractivity contribution is 6.03. The third-order valence-corrected chi connectivity index (χ3v) is 2.98. The number of non-ortho nitro benzene ring substituents is 1. The summed E-state index contributed by atoms with van der Waals surface area (Å²) in [4.78, 5) is 22.4. The molecule has 0 spiro atoms. The average molecular weight is 274 g/mol. The van der Waals surface area contributed by atoms with Crippen LogP contribution >= 0.6 is 0 Å². The lowest BCUT2D eigenvalue weighted by atomic mass is 10.0. The first-order valence-electron chi connectivity index (χ1n) is 6.15. The van der Waals surface area contributed by atoms with E-state index < -0.39 is 4.92 Å². The topological polar surface area (TPSA) is 85.4 Å². The molecular weight excluding hydrogens is 260 g/mol. The van der Waals surface area contributed by atoms with Crippen molar-refractivity contribution in [2.75, 3.05) is 5.32 Å². The summed E-state index contributed by atoms with van der Waals surface area (Å²) in [6.45, 7) is 3.60. The molecule has 2 aromatic rings. The Morgan fingerprint density at radius 1 is 1.45 bits per heavy atom. The Kier molecular flexibility index (Phi) is 3.84. The van der Waals surface area contributed by atoms with Gasteiger partial charge in [0.15, 0.2) is 5.76 Å². The molecule has 0 aliphatic carbocycles. The van der Waals surface area contributed by atoms with Gasteiger partial charge < -0.3 is 9.73 Å². The number of anilines is 1. The number of rotatable bonds is 4. The summed E-state index contributed by atoms with van der Waals surface area (Å²) in [7, 11) is 0. The quantitative estimate of drug-likeness (QED) is 0.684. The number of carbonyl (C=O) groups excluding carboxylic acids is 1. The van der Waals surface area contributed by atoms with Crippen LogP contribution in [0.15, 0.2) is 34.9 Å². The number of carbonyl (C=O) groups is 1. The zero-order valence-electron chi connectivity index (χ0n) is 11.2. The SMILES string of the molecule is CCc1cc([N+](=O)[O-])cc(C)c1NC(=O)c1ccco1. The summed E-state index contributed by atoms with van der Waals surface area (Å²) in [5.74, 6) is -0.175. The molecule has 0 atom stereocenters. The molecule has 0 saturated carbocycles. The van der Waals surface area contributed by atoms with E-state index in [1.807, 2.05) is 6.92 Å². The first-order chi connectivity index (χ1) is 9.52. The zero-order valence-corrected chi connectivity index (χ0v) is 11.2. The van der Waals surface area contributed by atoms with Gasteiger partial charge in [-0.1, -0.05) is 6.92 Å². The number of amides is 1. The van der Waals surface area contributed by atoms with Gasteiger partial charge >= 0.3 is 0 Å². The number of nitro benzene ring substituents is 1. The molecular formula is C14H14N2O4. The predicted molar refractivity (Wildman–Crippen MR) is 73.9 cm³/mol. The minimum atomic E-state index is -0.440. The van der Waals surface area contributed by atoms with Crippen molar-refractivity contribution in [2.45, 2.75) is 20.3 Å². The molecule has 0 fully saturated rings. The summed E-state index contributed by atoms with van der Waals surface area (Å²) in [6, 6.07) is 6.10. The third-order valence-electron chi connectivity index (χ3n) is 2.98. The zero-order chi connectivity index (χ0) is 14.7. The van der Waals surface area contributed by atoms with E-state index in [0.717, 1.165) is 5.56 Å². The van der Waals surface area contributed by atoms with Crippen molar-refractivity contribution in [1.82, 2.24) is 0 Å². The predicted octanol–water partition coefficient (Wildman–Crippen LogP) is 3.31. The molecule has 0 saturated heterocycles. The summed E-state index contributed by atoms with van der Waals surface area (Å²) >= 11 is 0. The van der Waals surface area contributed by atoms with Gasteiger partial charge in [-0.15, -0.1) is 0 Å². The Morgan fingerprint density at radius 3 is 2.75 bits per heavy atom. The highest BCUT2D eigenvalue weighted by Crippen LogP contribution is 2.27. The first kappa shape index (κ1) is 13.8. The van der Waals surface area contributed by atoms with Crippen molar-refractivity contribution in [1.29, 1.82) is 0 Å². The van der Waals surface area contributed by atoms with Gasteiger partial charge in [0.1, 0.15) is 0 Å². The van der Waals surface area contributed by atoms with Crippen molar-refractivity contribution in [3.63, 3.8) is 0 Å². The molecule has 6 nitrogen and oxygen atoms in total. The number of hydrogen-bond donors (Lipinski definition) is 1. The summed E-state index contributed by atoms with van der Waals surface area (Å²) in [6.07, 6.45) is 1.99. The fraction of sp³-hybridized carbons (Fsp3) is 0.214.